The number of aromatic nitrogens is 3. The fourth-order valence-electron chi connectivity index (χ4n) is 4.72. The van der Waals surface area contributed by atoms with Crippen LogP contribution in [0.3, 0.4) is 0 Å². The predicted molar refractivity (Wildman–Crippen MR) is 163 cm³/mol. The molecule has 0 fully saturated rings. The summed E-state index contributed by atoms with van der Waals surface area (Å²) in [5.74, 6) is 0.249. The van der Waals surface area contributed by atoms with Crippen LogP contribution in [0, 0.1) is 11.6 Å². The van der Waals surface area contributed by atoms with Crippen LogP contribution in [-0.2, 0) is 0 Å². The van der Waals surface area contributed by atoms with E-state index in [1.54, 1.807) is 43.5 Å². The van der Waals surface area contributed by atoms with E-state index in [-0.39, 0.29) is 29.0 Å². The first kappa shape index (κ1) is 28.6. The number of aromatic amines is 1. The number of aliphatic hydroxyl groups excluding tert-OH is 1. The number of benzene rings is 3. The summed E-state index contributed by atoms with van der Waals surface area (Å²) in [4.78, 5) is 25.2. The summed E-state index contributed by atoms with van der Waals surface area (Å²) in [5, 5.41) is 13.4. The third kappa shape index (κ3) is 5.72. The zero-order chi connectivity index (χ0) is 30.8. The highest BCUT2D eigenvalue weighted by atomic mass is 19.1. The minimum atomic E-state index is -0.672. The number of hydrogen-bond donors (Lipinski definition) is 3. The highest BCUT2D eigenvalue weighted by molar-refractivity contribution is 5.93. The van der Waals surface area contributed by atoms with Gasteiger partial charge in [-0.15, -0.1) is 0 Å². The van der Waals surface area contributed by atoms with Gasteiger partial charge in [0.2, 0.25) is 5.43 Å². The van der Waals surface area contributed by atoms with Crippen LogP contribution in [-0.4, -0.2) is 39.9 Å². The summed E-state index contributed by atoms with van der Waals surface area (Å²) < 4.78 is 45.8. The van der Waals surface area contributed by atoms with E-state index >= 15 is 4.39 Å². The Labute approximate surface area is 249 Å². The highest BCUT2D eigenvalue weighted by Crippen LogP contribution is 2.38. The lowest BCUT2D eigenvalue weighted by Gasteiger charge is -2.15. The molecule has 0 radical (unpaired) electrons. The molecule has 9 nitrogen and oxygen atoms in total. The quantitative estimate of drug-likeness (QED) is 0.168. The molecule has 1 atom stereocenters. The Hall–Kier alpha value is -5.55. The summed E-state index contributed by atoms with van der Waals surface area (Å²) in [6, 6.07) is 16.5. The molecular formula is C33H26F2N4O5. The molecule has 0 aliphatic carbocycles. The average molecular weight is 597 g/mol. The fourth-order valence-corrected chi connectivity index (χ4v) is 4.72. The number of hydrogen-bond acceptors (Lipinski definition) is 8. The van der Waals surface area contributed by atoms with E-state index in [0.717, 1.165) is 0 Å². The summed E-state index contributed by atoms with van der Waals surface area (Å²) in [5.41, 5.74) is 1.95. The number of rotatable bonds is 9. The van der Waals surface area contributed by atoms with Crippen LogP contribution in [0.15, 0.2) is 90.1 Å². The zero-order valence-electron chi connectivity index (χ0n) is 23.6. The molecule has 0 spiro atoms. The van der Waals surface area contributed by atoms with Crippen molar-refractivity contribution in [3.63, 3.8) is 0 Å². The molecule has 0 amide bonds. The predicted octanol–water partition coefficient (Wildman–Crippen LogP) is 6.72. The maximum absolute atomic E-state index is 15.4. The monoisotopic (exact) mass is 596 g/mol. The van der Waals surface area contributed by atoms with Crippen molar-refractivity contribution in [2.45, 2.75) is 13.0 Å². The lowest BCUT2D eigenvalue weighted by molar-refractivity contribution is 0.121. The summed E-state index contributed by atoms with van der Waals surface area (Å²) in [6.07, 6.45) is 3.94. The van der Waals surface area contributed by atoms with Gasteiger partial charge in [0, 0.05) is 47.4 Å². The van der Waals surface area contributed by atoms with Crippen molar-refractivity contribution in [2.75, 3.05) is 19.0 Å². The normalized spacial score (nSPS) is 11.8. The van der Waals surface area contributed by atoms with Crippen molar-refractivity contribution in [1.29, 1.82) is 0 Å². The van der Waals surface area contributed by atoms with Crippen LogP contribution in [0.5, 0.6) is 23.0 Å². The first-order chi connectivity index (χ1) is 21.3. The van der Waals surface area contributed by atoms with E-state index in [9.17, 15) is 14.3 Å². The Morgan fingerprint density at radius 3 is 2.48 bits per heavy atom. The fraction of sp³-hybridized carbons (Fsp3) is 0.121. The van der Waals surface area contributed by atoms with Crippen LogP contribution in [0.1, 0.15) is 6.92 Å². The Kier molecular flexibility index (Phi) is 7.78. The van der Waals surface area contributed by atoms with Crippen LogP contribution in [0.4, 0.5) is 20.3 Å². The van der Waals surface area contributed by atoms with Gasteiger partial charge in [-0.2, -0.15) is 0 Å². The second-order valence-electron chi connectivity index (χ2n) is 9.98. The first-order valence-electron chi connectivity index (χ1n) is 13.6. The molecule has 0 aliphatic heterocycles. The second kappa shape index (κ2) is 12.0. The van der Waals surface area contributed by atoms with Gasteiger partial charge in [0.25, 0.3) is 0 Å². The first-order valence-corrected chi connectivity index (χ1v) is 13.6. The minimum Gasteiger partial charge on any atom is -0.493 e. The number of ether oxygens (including phenoxy) is 3. The molecule has 44 heavy (non-hydrogen) atoms. The SMILES string of the molecule is COc1cc2c(Oc3ccc(Nc4nccc5[nH]cc(-c6ccc(F)cc6)c(=O)c45)cc3F)ccnc2cc1OCC(C)O. The van der Waals surface area contributed by atoms with Gasteiger partial charge in [0.15, 0.2) is 23.1 Å². The minimum absolute atomic E-state index is 0.0428. The van der Waals surface area contributed by atoms with Crippen LogP contribution in [0.25, 0.3) is 32.9 Å². The lowest BCUT2D eigenvalue weighted by Crippen LogP contribution is -2.13. The standard InChI is InChI=1S/C33H26F2N4O5/c1-18(40)17-43-30-15-26-22(14-29(30)42-2)27(10-12-36-26)44-28-8-7-21(13-24(28)35)39-33-31-25(9-11-37-33)38-16-23(32(31)41)19-3-5-20(34)6-4-19/h3-16,18,40H,17H2,1-2H3,(H,37,39)(H,38,41). The van der Waals surface area contributed by atoms with Crippen molar-refractivity contribution in [1.82, 2.24) is 15.0 Å². The molecule has 3 heterocycles. The number of aliphatic hydroxyl groups is 1. The van der Waals surface area contributed by atoms with Gasteiger partial charge in [-0.1, -0.05) is 12.1 Å². The maximum atomic E-state index is 15.4. The number of methoxy groups -OCH3 is 1. The molecule has 222 valence electrons. The molecule has 6 rings (SSSR count). The topological polar surface area (TPSA) is 119 Å². The van der Waals surface area contributed by atoms with Gasteiger partial charge in [0.1, 0.15) is 24.0 Å². The van der Waals surface area contributed by atoms with Crippen LogP contribution in [0.2, 0.25) is 0 Å². The van der Waals surface area contributed by atoms with E-state index in [1.165, 1.54) is 55.9 Å². The number of anilines is 2. The van der Waals surface area contributed by atoms with Crippen LogP contribution >= 0.6 is 0 Å². The van der Waals surface area contributed by atoms with Gasteiger partial charge in [-0.3, -0.25) is 9.78 Å². The molecule has 11 heteroatoms. The smallest absolute Gasteiger partial charge is 0.200 e. The second-order valence-corrected chi connectivity index (χ2v) is 9.98. The van der Waals surface area contributed by atoms with Gasteiger partial charge >= 0.3 is 0 Å². The number of halogens is 2. The third-order valence-electron chi connectivity index (χ3n) is 6.83. The molecule has 0 saturated carbocycles. The van der Waals surface area contributed by atoms with Crippen molar-refractivity contribution in [3.8, 4) is 34.1 Å². The van der Waals surface area contributed by atoms with E-state index in [0.29, 0.717) is 50.5 Å². The number of nitrogens with one attached hydrogen (secondary N) is 2. The van der Waals surface area contributed by atoms with Crippen molar-refractivity contribution < 1.29 is 28.1 Å². The number of fused-ring (bicyclic) bond motifs is 2. The van der Waals surface area contributed by atoms with Crippen molar-refractivity contribution >= 4 is 33.3 Å². The van der Waals surface area contributed by atoms with Gasteiger partial charge in [-0.25, -0.2) is 13.8 Å². The van der Waals surface area contributed by atoms with E-state index in [1.807, 2.05) is 0 Å². The van der Waals surface area contributed by atoms with E-state index in [4.69, 9.17) is 14.2 Å². The number of pyridine rings is 3. The summed E-state index contributed by atoms with van der Waals surface area (Å²) in [7, 11) is 1.49. The molecule has 0 bridgehead atoms. The molecule has 0 saturated heterocycles. The molecular weight excluding hydrogens is 570 g/mol. The van der Waals surface area contributed by atoms with E-state index in [2.05, 4.69) is 20.3 Å². The molecule has 3 aromatic heterocycles. The number of nitrogens with zero attached hydrogens (tertiary/aromatic N) is 2. The summed E-state index contributed by atoms with van der Waals surface area (Å²) in [6.45, 7) is 1.68. The van der Waals surface area contributed by atoms with E-state index < -0.39 is 17.7 Å². The summed E-state index contributed by atoms with van der Waals surface area (Å²) >= 11 is 0. The largest absolute Gasteiger partial charge is 0.493 e. The Balaban J connectivity index is 1.29. The van der Waals surface area contributed by atoms with Crippen molar-refractivity contribution in [2.24, 2.45) is 0 Å². The molecule has 6 aromatic rings. The number of H-pyrrole nitrogens is 1. The third-order valence-corrected chi connectivity index (χ3v) is 6.83. The molecule has 3 aromatic carbocycles. The van der Waals surface area contributed by atoms with Gasteiger partial charge < -0.3 is 29.6 Å². The molecule has 3 N–H and O–H groups in total. The van der Waals surface area contributed by atoms with Crippen LogP contribution < -0.4 is 25.0 Å². The van der Waals surface area contributed by atoms with Crippen molar-refractivity contribution in [3.05, 3.63) is 107 Å². The Bertz CT molecular complexity index is 2050. The van der Waals surface area contributed by atoms with Gasteiger partial charge in [0.05, 0.1) is 29.6 Å². The van der Waals surface area contributed by atoms with Gasteiger partial charge in [-0.05, 0) is 55.0 Å². The Morgan fingerprint density at radius 1 is 0.932 bits per heavy atom. The average Bonchev–Trinajstić information content (AvgIpc) is 3.02. The maximum Gasteiger partial charge on any atom is 0.200 e. The highest BCUT2D eigenvalue weighted by Gasteiger charge is 2.16. The Morgan fingerprint density at radius 2 is 1.73 bits per heavy atom. The molecule has 1 unspecified atom stereocenters. The lowest BCUT2D eigenvalue weighted by atomic mass is 10.0. The molecule has 0 aliphatic rings. The zero-order valence-corrected chi connectivity index (χ0v) is 23.6.